The number of halogens is 10. The Labute approximate surface area is 356 Å². The fourth-order valence-electron chi connectivity index (χ4n) is 8.54. The molecule has 0 radical (unpaired) electrons. The molecule has 0 unspecified atom stereocenters. The maximum absolute atomic E-state index is 14.4. The van der Waals surface area contributed by atoms with Crippen molar-refractivity contribution in [3.05, 3.63) is 94.0 Å². The Morgan fingerprint density at radius 2 is 0.746 bits per heavy atom. The van der Waals surface area contributed by atoms with Crippen molar-refractivity contribution in [3.63, 3.8) is 0 Å². The Balaban J connectivity index is 1.56. The first-order valence-corrected chi connectivity index (χ1v) is 19.9. The van der Waals surface area contributed by atoms with Crippen LogP contribution in [0.2, 0.25) is 0 Å². The molecule has 0 aliphatic heterocycles. The van der Waals surface area contributed by atoms with E-state index in [0.717, 1.165) is 21.7 Å². The SMILES string of the molecule is CC(C)(C)CC(C)(C)c1cc(Cc2cc(C(C)(C)CC(C)(C)C)cc(-n3nc4ccc(C(F)(F)C(F)(F)F)cc4n3)c2O)c(O)c(-n2nc3ccc(C(F)(F)C(F)(F)F)cc3n2)c1. The minimum atomic E-state index is -5.87. The highest BCUT2D eigenvalue weighted by atomic mass is 19.4. The Hall–Kier alpha value is -5.42. The molecule has 2 heterocycles. The minimum absolute atomic E-state index is 0.0403. The lowest BCUT2D eigenvalue weighted by Gasteiger charge is -2.34. The summed E-state index contributed by atoms with van der Waals surface area (Å²) in [4.78, 5) is 1.89. The Morgan fingerprint density at radius 1 is 0.429 bits per heavy atom. The van der Waals surface area contributed by atoms with Crippen LogP contribution >= 0.6 is 0 Å². The third-order valence-corrected chi connectivity index (χ3v) is 10.9. The molecule has 6 rings (SSSR count). The third kappa shape index (κ3) is 9.31. The molecular weight excluding hydrogens is 847 g/mol. The van der Waals surface area contributed by atoms with Crippen molar-refractivity contribution in [1.29, 1.82) is 0 Å². The van der Waals surface area contributed by atoms with Crippen LogP contribution in [-0.2, 0) is 29.1 Å². The molecule has 0 amide bonds. The van der Waals surface area contributed by atoms with Gasteiger partial charge >= 0.3 is 24.2 Å². The molecule has 340 valence electrons. The maximum atomic E-state index is 14.4. The predicted octanol–water partition coefficient (Wildman–Crippen LogP) is 12.9. The molecule has 0 aliphatic rings. The fraction of sp³-hybridized carbons (Fsp3) is 0.467. The van der Waals surface area contributed by atoms with Gasteiger partial charge in [-0.2, -0.15) is 43.9 Å². The maximum Gasteiger partial charge on any atom is 0.458 e. The van der Waals surface area contributed by atoms with Gasteiger partial charge in [-0.25, -0.2) is 0 Å². The molecule has 2 N–H and O–H groups in total. The van der Waals surface area contributed by atoms with E-state index in [4.69, 9.17) is 0 Å². The zero-order valence-corrected chi connectivity index (χ0v) is 36.3. The van der Waals surface area contributed by atoms with Gasteiger partial charge in [-0.1, -0.05) is 93.5 Å². The molecule has 8 nitrogen and oxygen atoms in total. The standard InChI is InChI=1S/C45H48F10N6O2/c1-38(2,3)22-40(7,8)28-16-24(36(62)34(20-28)60-56-30-13-11-26(18-32(30)58-60)42(46,47)44(50,51)52)15-25-17-29(41(9,10)23-39(4,5)6)21-35(37(25)63)61-57-31-14-12-27(19-33(31)59-61)43(48,49)45(53,54)55/h11-14,16-21,62-63H,15,22-23H2,1-10H3. The number of phenolic OH excluding ortho intramolecular Hbond substituents is 2. The fourth-order valence-corrected chi connectivity index (χ4v) is 8.54. The molecule has 0 saturated heterocycles. The van der Waals surface area contributed by atoms with E-state index in [9.17, 15) is 54.1 Å². The first kappa shape index (κ1) is 47.1. The number of aromatic hydroxyl groups is 2. The van der Waals surface area contributed by atoms with E-state index in [1.165, 1.54) is 0 Å². The minimum Gasteiger partial charge on any atom is -0.505 e. The van der Waals surface area contributed by atoms with E-state index in [2.05, 4.69) is 20.4 Å². The Bertz CT molecular complexity index is 2510. The van der Waals surface area contributed by atoms with Crippen molar-refractivity contribution < 1.29 is 54.1 Å². The molecule has 0 aliphatic carbocycles. The first-order valence-electron chi connectivity index (χ1n) is 19.9. The van der Waals surface area contributed by atoms with Crippen molar-refractivity contribution in [2.45, 2.75) is 124 Å². The summed E-state index contributed by atoms with van der Waals surface area (Å²) in [7, 11) is 0. The van der Waals surface area contributed by atoms with Gasteiger partial charge in [0.15, 0.2) is 0 Å². The number of benzene rings is 4. The summed E-state index contributed by atoms with van der Waals surface area (Å²) >= 11 is 0. The first-order chi connectivity index (χ1) is 28.5. The van der Waals surface area contributed by atoms with Gasteiger partial charge in [0.1, 0.15) is 44.9 Å². The van der Waals surface area contributed by atoms with Crippen LogP contribution < -0.4 is 0 Å². The molecule has 0 atom stereocenters. The second-order valence-electron chi connectivity index (χ2n) is 20.0. The number of rotatable bonds is 10. The van der Waals surface area contributed by atoms with Crippen LogP contribution in [0.25, 0.3) is 33.4 Å². The summed E-state index contributed by atoms with van der Waals surface area (Å²) in [6.07, 6.45) is -10.7. The normalized spacial score (nSPS) is 14.0. The third-order valence-electron chi connectivity index (χ3n) is 10.9. The summed E-state index contributed by atoms with van der Waals surface area (Å²) in [5.41, 5.74) is -3.39. The number of hydrogen-bond acceptors (Lipinski definition) is 6. The Kier molecular flexibility index (Phi) is 11.3. The summed E-state index contributed by atoms with van der Waals surface area (Å²) in [5.74, 6) is -11.2. The summed E-state index contributed by atoms with van der Waals surface area (Å²) in [5, 5.41) is 41.1. The molecule has 63 heavy (non-hydrogen) atoms. The van der Waals surface area contributed by atoms with Crippen molar-refractivity contribution in [1.82, 2.24) is 30.0 Å². The van der Waals surface area contributed by atoms with Crippen LogP contribution in [0.4, 0.5) is 43.9 Å². The smallest absolute Gasteiger partial charge is 0.458 e. The molecule has 4 aromatic carbocycles. The van der Waals surface area contributed by atoms with E-state index < -0.39 is 57.7 Å². The average Bonchev–Trinajstić information content (AvgIpc) is 3.74. The van der Waals surface area contributed by atoms with Gasteiger partial charge in [0.25, 0.3) is 0 Å². The molecule has 18 heteroatoms. The highest BCUT2D eigenvalue weighted by molar-refractivity contribution is 5.76. The van der Waals surface area contributed by atoms with Crippen molar-refractivity contribution in [2.24, 2.45) is 10.8 Å². The van der Waals surface area contributed by atoms with Gasteiger partial charge in [0, 0.05) is 28.7 Å². The van der Waals surface area contributed by atoms with E-state index in [1.807, 2.05) is 69.2 Å². The van der Waals surface area contributed by atoms with E-state index in [-0.39, 0.29) is 61.8 Å². The van der Waals surface area contributed by atoms with Crippen molar-refractivity contribution in [2.75, 3.05) is 0 Å². The molecule has 6 aromatic rings. The lowest BCUT2D eigenvalue weighted by atomic mass is 9.71. The number of aromatic nitrogens is 6. The van der Waals surface area contributed by atoms with Crippen molar-refractivity contribution in [3.8, 4) is 22.9 Å². The van der Waals surface area contributed by atoms with Crippen LogP contribution in [0, 0.1) is 10.8 Å². The Morgan fingerprint density at radius 3 is 1.05 bits per heavy atom. The lowest BCUT2D eigenvalue weighted by Crippen LogP contribution is -2.33. The lowest BCUT2D eigenvalue weighted by molar-refractivity contribution is -0.289. The van der Waals surface area contributed by atoms with Crippen LogP contribution in [-0.4, -0.2) is 52.6 Å². The van der Waals surface area contributed by atoms with Gasteiger partial charge in [-0.05, 0) is 82.0 Å². The quantitative estimate of drug-likeness (QED) is 0.133. The molecule has 0 spiro atoms. The molecule has 0 saturated carbocycles. The average molecular weight is 895 g/mol. The largest absolute Gasteiger partial charge is 0.505 e. The predicted molar refractivity (Wildman–Crippen MR) is 218 cm³/mol. The van der Waals surface area contributed by atoms with E-state index >= 15 is 0 Å². The summed E-state index contributed by atoms with van der Waals surface area (Å²) in [6.45, 7) is 20.1. The topological polar surface area (TPSA) is 102 Å². The highest BCUT2D eigenvalue weighted by Gasteiger charge is 2.59. The van der Waals surface area contributed by atoms with E-state index in [1.54, 1.807) is 24.3 Å². The molecule has 2 aromatic heterocycles. The highest BCUT2D eigenvalue weighted by Crippen LogP contribution is 2.47. The molecular formula is C45H48F10N6O2. The van der Waals surface area contributed by atoms with Gasteiger partial charge in [-0.3, -0.25) is 0 Å². The molecule has 0 fully saturated rings. The second-order valence-corrected chi connectivity index (χ2v) is 20.0. The van der Waals surface area contributed by atoms with Crippen LogP contribution in [0.15, 0.2) is 60.7 Å². The van der Waals surface area contributed by atoms with Gasteiger partial charge in [0.05, 0.1) is 0 Å². The summed E-state index contributed by atoms with van der Waals surface area (Å²) < 4.78 is 137. The number of fused-ring (bicyclic) bond motifs is 2. The van der Waals surface area contributed by atoms with Gasteiger partial charge in [0.2, 0.25) is 0 Å². The second kappa shape index (κ2) is 15.1. The summed E-state index contributed by atoms with van der Waals surface area (Å²) in [6, 6.07) is 11.0. The number of nitrogens with zero attached hydrogens (tertiary/aromatic N) is 6. The van der Waals surface area contributed by atoms with Crippen LogP contribution in [0.3, 0.4) is 0 Å². The zero-order chi connectivity index (χ0) is 47.3. The number of hydrogen-bond donors (Lipinski definition) is 2. The van der Waals surface area contributed by atoms with Crippen molar-refractivity contribution >= 4 is 22.1 Å². The van der Waals surface area contributed by atoms with Gasteiger partial charge < -0.3 is 10.2 Å². The number of alkyl halides is 10. The zero-order valence-electron chi connectivity index (χ0n) is 36.3. The van der Waals surface area contributed by atoms with Crippen LogP contribution in [0.5, 0.6) is 11.5 Å². The monoisotopic (exact) mass is 894 g/mol. The van der Waals surface area contributed by atoms with E-state index in [0.29, 0.717) is 48.2 Å². The molecule has 0 bridgehead atoms. The van der Waals surface area contributed by atoms with Crippen LogP contribution in [0.1, 0.15) is 115 Å². The van der Waals surface area contributed by atoms with Gasteiger partial charge in [-0.15, -0.1) is 30.0 Å². The number of phenols is 2.